The molecule has 0 saturated heterocycles. The van der Waals surface area contributed by atoms with Gasteiger partial charge in [-0.1, -0.05) is 26.7 Å². The molecule has 0 radical (unpaired) electrons. The van der Waals surface area contributed by atoms with E-state index in [0.29, 0.717) is 6.04 Å². The lowest BCUT2D eigenvalue weighted by atomic mass is 9.93. The van der Waals surface area contributed by atoms with E-state index in [1.807, 2.05) is 0 Å². The summed E-state index contributed by atoms with van der Waals surface area (Å²) in [5.41, 5.74) is -0.0504. The molecule has 2 nitrogen and oxygen atoms in total. The van der Waals surface area contributed by atoms with E-state index < -0.39 is 0 Å². The predicted molar refractivity (Wildman–Crippen MR) is 58.1 cm³/mol. The summed E-state index contributed by atoms with van der Waals surface area (Å²) in [4.78, 5) is 0. The highest BCUT2D eigenvalue weighted by molar-refractivity contribution is 4.84. The van der Waals surface area contributed by atoms with Crippen molar-refractivity contribution in [3.05, 3.63) is 0 Å². The van der Waals surface area contributed by atoms with Gasteiger partial charge in [-0.2, -0.15) is 0 Å². The van der Waals surface area contributed by atoms with Gasteiger partial charge in [-0.05, 0) is 26.8 Å². The molecule has 0 saturated carbocycles. The van der Waals surface area contributed by atoms with E-state index in [9.17, 15) is 0 Å². The van der Waals surface area contributed by atoms with Crippen molar-refractivity contribution in [1.82, 2.24) is 5.32 Å². The lowest BCUT2D eigenvalue weighted by Gasteiger charge is -2.33. The van der Waals surface area contributed by atoms with Gasteiger partial charge in [-0.3, -0.25) is 0 Å². The third-order valence-electron chi connectivity index (χ3n) is 2.66. The van der Waals surface area contributed by atoms with Crippen LogP contribution in [0, 0.1) is 0 Å². The van der Waals surface area contributed by atoms with Crippen molar-refractivity contribution in [2.24, 2.45) is 0 Å². The molecule has 1 atom stereocenters. The highest BCUT2D eigenvalue weighted by Crippen LogP contribution is 2.18. The summed E-state index contributed by atoms with van der Waals surface area (Å²) in [5, 5.41) is 3.48. The number of nitrogens with one attached hydrogen (secondary N) is 1. The van der Waals surface area contributed by atoms with Gasteiger partial charge in [-0.15, -0.1) is 0 Å². The second kappa shape index (κ2) is 6.39. The third-order valence-corrected chi connectivity index (χ3v) is 2.66. The molecule has 0 heterocycles. The van der Waals surface area contributed by atoms with Gasteiger partial charge >= 0.3 is 0 Å². The van der Waals surface area contributed by atoms with Crippen molar-refractivity contribution in [3.63, 3.8) is 0 Å². The number of unbranched alkanes of at least 4 members (excludes halogenated alkanes) is 1. The van der Waals surface area contributed by atoms with Gasteiger partial charge in [0.15, 0.2) is 0 Å². The average molecular weight is 187 g/mol. The molecule has 0 amide bonds. The molecular weight excluding hydrogens is 162 g/mol. The number of hydrogen-bond donors (Lipinski definition) is 1. The fraction of sp³-hybridized carbons (Fsp3) is 1.00. The number of methoxy groups -OCH3 is 1. The zero-order valence-corrected chi connectivity index (χ0v) is 9.81. The van der Waals surface area contributed by atoms with E-state index in [-0.39, 0.29) is 5.60 Å². The first-order chi connectivity index (χ1) is 6.08. The van der Waals surface area contributed by atoms with E-state index >= 15 is 0 Å². The van der Waals surface area contributed by atoms with Crippen LogP contribution in [0.1, 0.15) is 47.0 Å². The smallest absolute Gasteiger partial charge is 0.0774 e. The summed E-state index contributed by atoms with van der Waals surface area (Å²) < 4.78 is 5.49. The van der Waals surface area contributed by atoms with Gasteiger partial charge in [0.25, 0.3) is 0 Å². The Morgan fingerprint density at radius 3 is 2.31 bits per heavy atom. The Balaban J connectivity index is 4.05. The van der Waals surface area contributed by atoms with Crippen LogP contribution < -0.4 is 5.32 Å². The molecule has 0 spiro atoms. The quantitative estimate of drug-likeness (QED) is 0.661. The monoisotopic (exact) mass is 187 g/mol. The summed E-state index contributed by atoms with van der Waals surface area (Å²) in [5.74, 6) is 0. The first kappa shape index (κ1) is 12.9. The number of hydrogen-bond acceptors (Lipinski definition) is 2. The first-order valence-corrected chi connectivity index (χ1v) is 5.37. The second-order valence-corrected chi connectivity index (χ2v) is 4.06. The molecule has 13 heavy (non-hydrogen) atoms. The second-order valence-electron chi connectivity index (χ2n) is 4.06. The normalized spacial score (nSPS) is 14.5. The Bertz CT molecular complexity index is 123. The van der Waals surface area contributed by atoms with Crippen molar-refractivity contribution >= 4 is 0 Å². The van der Waals surface area contributed by atoms with Crippen LogP contribution in [0.25, 0.3) is 0 Å². The topological polar surface area (TPSA) is 21.3 Å². The van der Waals surface area contributed by atoms with Crippen molar-refractivity contribution < 1.29 is 4.74 Å². The zero-order valence-electron chi connectivity index (χ0n) is 9.81. The molecule has 1 unspecified atom stereocenters. The average Bonchev–Trinajstić information content (AvgIpc) is 2.12. The van der Waals surface area contributed by atoms with Crippen molar-refractivity contribution in [2.45, 2.75) is 58.6 Å². The molecule has 0 fully saturated rings. The zero-order chi connectivity index (χ0) is 10.3. The molecule has 0 aliphatic rings. The highest BCUT2D eigenvalue weighted by atomic mass is 16.5. The Morgan fingerprint density at radius 1 is 1.31 bits per heavy atom. The summed E-state index contributed by atoms with van der Waals surface area (Å²) in [6.45, 7) is 9.68. The van der Waals surface area contributed by atoms with Crippen LogP contribution in [0.3, 0.4) is 0 Å². The van der Waals surface area contributed by atoms with Crippen LogP contribution >= 0.6 is 0 Å². The first-order valence-electron chi connectivity index (χ1n) is 5.37. The largest absolute Gasteiger partial charge is 0.377 e. The maximum absolute atomic E-state index is 5.49. The maximum Gasteiger partial charge on any atom is 0.0774 e. The number of ether oxygens (including phenoxy) is 1. The Labute approximate surface area is 83.1 Å². The lowest BCUT2D eigenvalue weighted by Crippen LogP contribution is -2.47. The minimum absolute atomic E-state index is 0.0504. The molecule has 0 aromatic rings. The van der Waals surface area contributed by atoms with Crippen LogP contribution in [0.4, 0.5) is 0 Å². The fourth-order valence-corrected chi connectivity index (χ4v) is 1.49. The lowest BCUT2D eigenvalue weighted by molar-refractivity contribution is -0.0126. The minimum atomic E-state index is -0.0504. The third kappa shape index (κ3) is 4.63. The van der Waals surface area contributed by atoms with E-state index in [1.54, 1.807) is 7.11 Å². The summed E-state index contributed by atoms with van der Waals surface area (Å²) in [6.07, 6.45) is 3.72. The fourth-order valence-electron chi connectivity index (χ4n) is 1.49. The summed E-state index contributed by atoms with van der Waals surface area (Å²) in [6, 6.07) is 0.474. The SMILES string of the molecule is CCCCC(NCC)C(C)(C)OC. The van der Waals surface area contributed by atoms with Crippen LogP contribution in [0.15, 0.2) is 0 Å². The van der Waals surface area contributed by atoms with Crippen molar-refractivity contribution in [3.8, 4) is 0 Å². The van der Waals surface area contributed by atoms with Crippen molar-refractivity contribution in [1.29, 1.82) is 0 Å². The van der Waals surface area contributed by atoms with Gasteiger partial charge < -0.3 is 10.1 Å². The molecule has 2 heteroatoms. The molecule has 0 bridgehead atoms. The van der Waals surface area contributed by atoms with E-state index in [4.69, 9.17) is 4.74 Å². The molecule has 0 aromatic carbocycles. The molecule has 0 rings (SSSR count). The predicted octanol–water partition coefficient (Wildman–Crippen LogP) is 2.58. The van der Waals surface area contributed by atoms with Gasteiger partial charge in [0.05, 0.1) is 5.60 Å². The van der Waals surface area contributed by atoms with Gasteiger partial charge in [-0.25, -0.2) is 0 Å². The van der Waals surface area contributed by atoms with Gasteiger partial charge in [0, 0.05) is 13.2 Å². The van der Waals surface area contributed by atoms with Crippen LogP contribution in [-0.2, 0) is 4.74 Å². The standard InChI is InChI=1S/C11H25NO/c1-6-8-9-10(12-7-2)11(3,4)13-5/h10,12H,6-9H2,1-5H3. The van der Waals surface area contributed by atoms with E-state index in [2.05, 4.69) is 33.0 Å². The van der Waals surface area contributed by atoms with Crippen LogP contribution in [0.5, 0.6) is 0 Å². The number of likely N-dealkylation sites (N-methyl/N-ethyl adjacent to an activating group) is 1. The van der Waals surface area contributed by atoms with E-state index in [0.717, 1.165) is 6.54 Å². The van der Waals surface area contributed by atoms with Crippen LogP contribution in [0.2, 0.25) is 0 Å². The summed E-state index contributed by atoms with van der Waals surface area (Å²) in [7, 11) is 1.79. The van der Waals surface area contributed by atoms with E-state index in [1.165, 1.54) is 19.3 Å². The molecule has 0 aliphatic carbocycles. The van der Waals surface area contributed by atoms with Crippen molar-refractivity contribution in [2.75, 3.05) is 13.7 Å². The van der Waals surface area contributed by atoms with Gasteiger partial charge in [0.2, 0.25) is 0 Å². The molecule has 1 N–H and O–H groups in total. The molecule has 0 aliphatic heterocycles. The van der Waals surface area contributed by atoms with Crippen LogP contribution in [-0.4, -0.2) is 25.3 Å². The maximum atomic E-state index is 5.49. The molecule has 0 aromatic heterocycles. The van der Waals surface area contributed by atoms with Gasteiger partial charge in [0.1, 0.15) is 0 Å². The Kier molecular flexibility index (Phi) is 6.35. The highest BCUT2D eigenvalue weighted by Gasteiger charge is 2.27. The molecule has 80 valence electrons. The minimum Gasteiger partial charge on any atom is -0.377 e. The Morgan fingerprint density at radius 2 is 1.92 bits per heavy atom. The molecular formula is C11H25NO. The Hall–Kier alpha value is -0.0800. The number of rotatable bonds is 7. The summed E-state index contributed by atoms with van der Waals surface area (Å²) >= 11 is 0.